The fourth-order valence-electron chi connectivity index (χ4n) is 3.65. The lowest BCUT2D eigenvalue weighted by molar-refractivity contribution is -0.173. The molecule has 1 unspecified atom stereocenters. The van der Waals surface area contributed by atoms with Gasteiger partial charge in [0.25, 0.3) is 0 Å². The summed E-state index contributed by atoms with van der Waals surface area (Å²) in [5, 5.41) is 0. The molecule has 26 heavy (non-hydrogen) atoms. The molecule has 0 spiro atoms. The third-order valence-corrected chi connectivity index (χ3v) is 4.84. The Hall–Kier alpha value is -2.69. The predicted octanol–water partition coefficient (Wildman–Crippen LogP) is 3.27. The number of carbonyl (C=O) groups excluding carboxylic acids is 2. The first-order valence-electron chi connectivity index (χ1n) is 8.95. The molecule has 136 valence electrons. The van der Waals surface area contributed by atoms with Gasteiger partial charge in [0.2, 0.25) is 0 Å². The zero-order valence-corrected chi connectivity index (χ0v) is 15.1. The summed E-state index contributed by atoms with van der Waals surface area (Å²) in [4.78, 5) is 30.3. The third kappa shape index (κ3) is 3.21. The van der Waals surface area contributed by atoms with Crippen LogP contribution < -0.4 is 0 Å². The van der Waals surface area contributed by atoms with Gasteiger partial charge in [-0.15, -0.1) is 0 Å². The number of hydrogen-bond acceptors (Lipinski definition) is 5. The minimum absolute atomic E-state index is 0.171. The van der Waals surface area contributed by atoms with E-state index in [1.165, 1.54) is 0 Å². The third-order valence-electron chi connectivity index (χ3n) is 4.84. The lowest BCUT2D eigenvalue weighted by Gasteiger charge is -2.37. The first kappa shape index (κ1) is 18.1. The molecule has 1 atom stereocenters. The van der Waals surface area contributed by atoms with Gasteiger partial charge < -0.3 is 9.47 Å². The average Bonchev–Trinajstić information content (AvgIpc) is 2.68. The van der Waals surface area contributed by atoms with Crippen LogP contribution in [0.15, 0.2) is 48.7 Å². The Morgan fingerprint density at radius 3 is 2.31 bits per heavy atom. The highest BCUT2D eigenvalue weighted by atomic mass is 16.6. The Bertz CT molecular complexity index is 770. The van der Waals surface area contributed by atoms with Gasteiger partial charge in [-0.05, 0) is 37.5 Å². The van der Waals surface area contributed by atoms with Gasteiger partial charge in [-0.2, -0.15) is 0 Å². The van der Waals surface area contributed by atoms with E-state index in [4.69, 9.17) is 9.47 Å². The second kappa shape index (κ2) is 7.68. The van der Waals surface area contributed by atoms with Crippen molar-refractivity contribution in [3.05, 3.63) is 65.5 Å². The highest BCUT2D eigenvalue weighted by Gasteiger charge is 2.53. The van der Waals surface area contributed by atoms with Crippen LogP contribution in [0.3, 0.4) is 0 Å². The smallest absolute Gasteiger partial charge is 0.323 e. The van der Waals surface area contributed by atoms with E-state index in [-0.39, 0.29) is 25.6 Å². The van der Waals surface area contributed by atoms with Crippen LogP contribution in [0, 0.1) is 5.41 Å². The van der Waals surface area contributed by atoms with Gasteiger partial charge in [-0.1, -0.05) is 36.4 Å². The number of aromatic nitrogens is 1. The Labute approximate surface area is 153 Å². The number of nitrogens with zero attached hydrogens (tertiary/aromatic N) is 1. The highest BCUT2D eigenvalue weighted by Crippen LogP contribution is 2.46. The number of pyridine rings is 1. The molecule has 0 aliphatic heterocycles. The molecule has 5 heteroatoms. The van der Waals surface area contributed by atoms with Crippen LogP contribution in [-0.4, -0.2) is 30.1 Å². The van der Waals surface area contributed by atoms with Crippen molar-refractivity contribution >= 4 is 11.9 Å². The van der Waals surface area contributed by atoms with E-state index < -0.39 is 17.4 Å². The Morgan fingerprint density at radius 1 is 1.04 bits per heavy atom. The first-order chi connectivity index (χ1) is 12.6. The second-order valence-corrected chi connectivity index (χ2v) is 6.41. The minimum atomic E-state index is -1.34. The number of hydrogen-bond donors (Lipinski definition) is 0. The summed E-state index contributed by atoms with van der Waals surface area (Å²) < 4.78 is 10.6. The van der Waals surface area contributed by atoms with E-state index in [0.717, 1.165) is 16.8 Å². The van der Waals surface area contributed by atoms with Crippen molar-refractivity contribution in [3.8, 4) is 0 Å². The lowest BCUT2D eigenvalue weighted by atomic mass is 9.66. The van der Waals surface area contributed by atoms with Crippen LogP contribution in [-0.2, 0) is 25.5 Å². The Kier molecular flexibility index (Phi) is 5.35. The summed E-state index contributed by atoms with van der Waals surface area (Å²) in [6, 6.07) is 13.6. The summed E-state index contributed by atoms with van der Waals surface area (Å²) in [7, 11) is 0. The largest absolute Gasteiger partial charge is 0.465 e. The van der Waals surface area contributed by atoms with Crippen molar-refractivity contribution in [1.82, 2.24) is 4.98 Å². The van der Waals surface area contributed by atoms with E-state index in [1.807, 2.05) is 42.5 Å². The van der Waals surface area contributed by atoms with Crippen LogP contribution in [0.4, 0.5) is 0 Å². The number of esters is 2. The lowest BCUT2D eigenvalue weighted by Crippen LogP contribution is -2.47. The predicted molar refractivity (Wildman–Crippen MR) is 96.5 cm³/mol. The average molecular weight is 353 g/mol. The number of carbonyl (C=O) groups is 2. The van der Waals surface area contributed by atoms with Crippen LogP contribution in [0.25, 0.3) is 0 Å². The van der Waals surface area contributed by atoms with Gasteiger partial charge in [-0.25, -0.2) is 0 Å². The van der Waals surface area contributed by atoms with E-state index in [9.17, 15) is 9.59 Å². The molecule has 0 fully saturated rings. The molecule has 5 nitrogen and oxygen atoms in total. The maximum atomic E-state index is 12.9. The van der Waals surface area contributed by atoms with Gasteiger partial charge in [0.05, 0.1) is 18.9 Å². The normalized spacial score (nSPS) is 17.8. The molecular formula is C21H23NO4. The fraction of sp³-hybridized carbons (Fsp3) is 0.381. The monoisotopic (exact) mass is 353 g/mol. The van der Waals surface area contributed by atoms with Crippen molar-refractivity contribution in [2.75, 3.05) is 13.2 Å². The van der Waals surface area contributed by atoms with Crippen molar-refractivity contribution in [1.29, 1.82) is 0 Å². The zero-order chi connectivity index (χ0) is 18.6. The molecule has 1 aliphatic rings. The summed E-state index contributed by atoms with van der Waals surface area (Å²) >= 11 is 0. The van der Waals surface area contributed by atoms with Crippen LogP contribution >= 0.6 is 0 Å². The second-order valence-electron chi connectivity index (χ2n) is 6.41. The van der Waals surface area contributed by atoms with E-state index in [1.54, 1.807) is 20.0 Å². The fourth-order valence-corrected chi connectivity index (χ4v) is 3.65. The number of rotatable bonds is 5. The molecule has 1 aromatic heterocycles. The summed E-state index contributed by atoms with van der Waals surface area (Å²) in [5.41, 5.74) is 1.46. The standard InChI is InChI=1S/C21H23NO4/c1-3-25-19(23)21(20(24)26-4-2)13-16-11-8-12-22-18(16)17(14-21)15-9-6-5-7-10-15/h5-12,17H,3-4,13-14H2,1-2H3. The van der Waals surface area contributed by atoms with Gasteiger partial charge in [-0.3, -0.25) is 14.6 Å². The molecule has 1 heterocycles. The summed E-state index contributed by atoms with van der Waals surface area (Å²) in [6.45, 7) is 3.92. The number of fused-ring (bicyclic) bond motifs is 1. The molecule has 0 saturated carbocycles. The van der Waals surface area contributed by atoms with Crippen LogP contribution in [0.5, 0.6) is 0 Å². The molecule has 1 aliphatic carbocycles. The highest BCUT2D eigenvalue weighted by molar-refractivity contribution is 6.01. The molecule has 0 N–H and O–H groups in total. The molecule has 0 bridgehead atoms. The molecular weight excluding hydrogens is 330 g/mol. The molecule has 2 aromatic rings. The summed E-state index contributed by atoms with van der Waals surface area (Å²) in [5.74, 6) is -1.21. The van der Waals surface area contributed by atoms with Crippen LogP contribution in [0.1, 0.15) is 43.0 Å². The van der Waals surface area contributed by atoms with E-state index >= 15 is 0 Å². The zero-order valence-electron chi connectivity index (χ0n) is 15.1. The van der Waals surface area contributed by atoms with Gasteiger partial charge in [0, 0.05) is 18.5 Å². The van der Waals surface area contributed by atoms with Crippen molar-refractivity contribution in [3.63, 3.8) is 0 Å². The minimum Gasteiger partial charge on any atom is -0.465 e. The molecule has 0 radical (unpaired) electrons. The number of benzene rings is 1. The van der Waals surface area contributed by atoms with Gasteiger partial charge >= 0.3 is 11.9 Å². The topological polar surface area (TPSA) is 65.5 Å². The van der Waals surface area contributed by atoms with Crippen molar-refractivity contribution < 1.29 is 19.1 Å². The van der Waals surface area contributed by atoms with Crippen molar-refractivity contribution in [2.24, 2.45) is 5.41 Å². The number of ether oxygens (including phenoxy) is 2. The van der Waals surface area contributed by atoms with Gasteiger partial charge in [0.1, 0.15) is 0 Å². The molecule has 3 rings (SSSR count). The first-order valence-corrected chi connectivity index (χ1v) is 8.95. The van der Waals surface area contributed by atoms with E-state index in [2.05, 4.69) is 4.98 Å². The quantitative estimate of drug-likeness (QED) is 0.610. The summed E-state index contributed by atoms with van der Waals surface area (Å²) in [6.07, 6.45) is 2.28. The maximum absolute atomic E-state index is 12.9. The SMILES string of the molecule is CCOC(=O)C1(C(=O)OCC)Cc2cccnc2C(c2ccccc2)C1. The van der Waals surface area contributed by atoms with E-state index in [0.29, 0.717) is 6.42 Å². The van der Waals surface area contributed by atoms with Gasteiger partial charge in [0.15, 0.2) is 5.41 Å². The Morgan fingerprint density at radius 2 is 1.69 bits per heavy atom. The maximum Gasteiger partial charge on any atom is 0.323 e. The molecule has 0 amide bonds. The van der Waals surface area contributed by atoms with Crippen LogP contribution in [0.2, 0.25) is 0 Å². The van der Waals surface area contributed by atoms with Crippen molar-refractivity contribution in [2.45, 2.75) is 32.6 Å². The Balaban J connectivity index is 2.12. The molecule has 1 aromatic carbocycles. The molecule has 0 saturated heterocycles.